The van der Waals surface area contributed by atoms with E-state index in [4.69, 9.17) is 11.5 Å². The Labute approximate surface area is 107 Å². The second-order valence-electron chi connectivity index (χ2n) is 4.36. The second kappa shape index (κ2) is 3.73. The van der Waals surface area contributed by atoms with E-state index in [-0.39, 0.29) is 5.95 Å². The van der Waals surface area contributed by atoms with Crippen molar-refractivity contribution in [2.24, 2.45) is 5.73 Å². The molecule has 0 aliphatic heterocycles. The predicted molar refractivity (Wildman–Crippen MR) is 70.4 cm³/mol. The molecule has 6 heteroatoms. The molecule has 0 radical (unpaired) electrons. The van der Waals surface area contributed by atoms with E-state index < -0.39 is 11.4 Å². The summed E-state index contributed by atoms with van der Waals surface area (Å²) in [7, 11) is 0. The molecule has 4 N–H and O–H groups in total. The highest BCUT2D eigenvalue weighted by atomic mass is 79.9. The first kappa shape index (κ1) is 11.9. The number of benzene rings is 1. The lowest BCUT2D eigenvalue weighted by molar-refractivity contribution is -0.124. The second-order valence-corrected chi connectivity index (χ2v) is 5.28. The third-order valence-corrected chi connectivity index (χ3v) is 3.30. The van der Waals surface area contributed by atoms with Crippen LogP contribution >= 0.6 is 15.9 Å². The fraction of sp³-hybridized carbons (Fsp3) is 0.273. The van der Waals surface area contributed by atoms with Crippen molar-refractivity contribution in [1.82, 2.24) is 9.55 Å². The highest BCUT2D eigenvalue weighted by Gasteiger charge is 2.31. The van der Waals surface area contributed by atoms with Gasteiger partial charge in [-0.05, 0) is 32.0 Å². The molecule has 0 spiro atoms. The average molecular weight is 297 g/mol. The average Bonchev–Trinajstić information content (AvgIpc) is 2.53. The van der Waals surface area contributed by atoms with Gasteiger partial charge in [-0.1, -0.05) is 15.9 Å². The number of carbonyl (C=O) groups excluding carboxylic acids is 1. The number of nitrogen functional groups attached to an aromatic ring is 1. The van der Waals surface area contributed by atoms with Gasteiger partial charge in [0.25, 0.3) is 0 Å². The van der Waals surface area contributed by atoms with Gasteiger partial charge in [0.15, 0.2) is 0 Å². The molecule has 1 aromatic heterocycles. The fourth-order valence-corrected chi connectivity index (χ4v) is 2.11. The van der Waals surface area contributed by atoms with Crippen LogP contribution in [0, 0.1) is 0 Å². The van der Waals surface area contributed by atoms with Crippen molar-refractivity contribution in [2.45, 2.75) is 19.4 Å². The summed E-state index contributed by atoms with van der Waals surface area (Å²) in [6, 6.07) is 5.57. The fourth-order valence-electron chi connectivity index (χ4n) is 1.76. The normalized spacial score (nSPS) is 11.9. The van der Waals surface area contributed by atoms with E-state index in [1.807, 2.05) is 18.2 Å². The Bertz CT molecular complexity index is 603. The van der Waals surface area contributed by atoms with Crippen LogP contribution in [0.5, 0.6) is 0 Å². The molecule has 5 nitrogen and oxygen atoms in total. The molecule has 0 saturated carbocycles. The zero-order valence-electron chi connectivity index (χ0n) is 9.57. The van der Waals surface area contributed by atoms with Crippen LogP contribution in [0.1, 0.15) is 13.8 Å². The smallest absolute Gasteiger partial charge is 0.243 e. The number of rotatable bonds is 2. The van der Waals surface area contributed by atoms with Crippen molar-refractivity contribution < 1.29 is 4.79 Å². The van der Waals surface area contributed by atoms with E-state index in [1.165, 1.54) is 0 Å². The van der Waals surface area contributed by atoms with Crippen molar-refractivity contribution in [1.29, 1.82) is 0 Å². The van der Waals surface area contributed by atoms with Gasteiger partial charge in [0, 0.05) is 4.47 Å². The Hall–Kier alpha value is -1.56. The SMILES string of the molecule is CC(C)(C(N)=O)n1c(N)nc2ccc(Br)cc21. The molecule has 17 heavy (non-hydrogen) atoms. The molecule has 0 aliphatic rings. The number of halogens is 1. The molecule has 0 bridgehead atoms. The standard InChI is InChI=1S/C11H13BrN4O/c1-11(2,9(13)17)16-8-5-6(12)3-4-7(8)15-10(16)14/h3-5H,1-2H3,(H2,13,17)(H2,14,15). The van der Waals surface area contributed by atoms with Crippen LogP contribution in [0.4, 0.5) is 5.95 Å². The molecule has 1 amide bonds. The third kappa shape index (κ3) is 1.78. The maximum absolute atomic E-state index is 11.5. The topological polar surface area (TPSA) is 86.9 Å². The first-order valence-electron chi connectivity index (χ1n) is 5.08. The van der Waals surface area contributed by atoms with E-state index in [0.717, 1.165) is 15.5 Å². The van der Waals surface area contributed by atoms with Crippen LogP contribution in [0.15, 0.2) is 22.7 Å². The first-order valence-corrected chi connectivity index (χ1v) is 5.87. The summed E-state index contributed by atoms with van der Waals surface area (Å²) in [6.45, 7) is 3.43. The van der Waals surface area contributed by atoms with Gasteiger partial charge in [0.1, 0.15) is 5.54 Å². The summed E-state index contributed by atoms with van der Waals surface area (Å²) < 4.78 is 2.54. The zero-order chi connectivity index (χ0) is 12.8. The summed E-state index contributed by atoms with van der Waals surface area (Å²) in [5, 5.41) is 0. The van der Waals surface area contributed by atoms with E-state index in [2.05, 4.69) is 20.9 Å². The van der Waals surface area contributed by atoms with Gasteiger partial charge in [0.2, 0.25) is 11.9 Å². The van der Waals surface area contributed by atoms with Crippen LogP contribution < -0.4 is 11.5 Å². The van der Waals surface area contributed by atoms with Gasteiger partial charge in [-0.25, -0.2) is 4.98 Å². The lowest BCUT2D eigenvalue weighted by Crippen LogP contribution is -2.41. The van der Waals surface area contributed by atoms with Crippen molar-refractivity contribution in [3.05, 3.63) is 22.7 Å². The molecular weight excluding hydrogens is 284 g/mol. The maximum Gasteiger partial charge on any atom is 0.243 e. The molecule has 0 aliphatic carbocycles. The number of carbonyl (C=O) groups is 1. The molecule has 90 valence electrons. The summed E-state index contributed by atoms with van der Waals surface area (Å²) in [5.74, 6) is -0.176. The number of nitrogens with zero attached hydrogens (tertiary/aromatic N) is 2. The highest BCUT2D eigenvalue weighted by Crippen LogP contribution is 2.28. The Morgan fingerprint density at radius 1 is 1.47 bits per heavy atom. The first-order chi connectivity index (χ1) is 7.84. The summed E-state index contributed by atoms with van der Waals surface area (Å²) in [5.41, 5.74) is 11.9. The zero-order valence-corrected chi connectivity index (χ0v) is 11.2. The molecule has 2 aromatic rings. The summed E-state index contributed by atoms with van der Waals surface area (Å²) in [4.78, 5) is 15.7. The predicted octanol–water partition coefficient (Wildman–Crippen LogP) is 1.60. The van der Waals surface area contributed by atoms with Crippen LogP contribution in [0.2, 0.25) is 0 Å². The van der Waals surface area contributed by atoms with Crippen molar-refractivity contribution >= 4 is 38.8 Å². The number of amides is 1. The lowest BCUT2D eigenvalue weighted by Gasteiger charge is -2.24. The minimum Gasteiger partial charge on any atom is -0.369 e. The number of primary amides is 1. The lowest BCUT2D eigenvalue weighted by atomic mass is 10.0. The molecule has 1 heterocycles. The van der Waals surface area contributed by atoms with Gasteiger partial charge >= 0.3 is 0 Å². The van der Waals surface area contributed by atoms with Crippen molar-refractivity contribution in [3.8, 4) is 0 Å². The monoisotopic (exact) mass is 296 g/mol. The molecule has 1 aromatic carbocycles. The molecule has 2 rings (SSSR count). The summed E-state index contributed by atoms with van der Waals surface area (Å²) in [6.07, 6.45) is 0. The van der Waals surface area contributed by atoms with Crippen LogP contribution in [-0.2, 0) is 10.3 Å². The molecule has 0 saturated heterocycles. The molecular formula is C11H13BrN4O. The maximum atomic E-state index is 11.5. The Morgan fingerprint density at radius 3 is 2.71 bits per heavy atom. The summed E-state index contributed by atoms with van der Waals surface area (Å²) >= 11 is 3.38. The molecule has 0 fully saturated rings. The van der Waals surface area contributed by atoms with Crippen molar-refractivity contribution in [2.75, 3.05) is 5.73 Å². The van der Waals surface area contributed by atoms with Gasteiger partial charge in [-0.2, -0.15) is 0 Å². The van der Waals surface area contributed by atoms with Crippen LogP contribution in [-0.4, -0.2) is 15.5 Å². The van der Waals surface area contributed by atoms with E-state index in [0.29, 0.717) is 0 Å². The number of nitrogens with two attached hydrogens (primary N) is 2. The van der Waals surface area contributed by atoms with Crippen LogP contribution in [0.3, 0.4) is 0 Å². The van der Waals surface area contributed by atoms with E-state index >= 15 is 0 Å². The highest BCUT2D eigenvalue weighted by molar-refractivity contribution is 9.10. The Morgan fingerprint density at radius 2 is 2.12 bits per heavy atom. The van der Waals surface area contributed by atoms with E-state index in [1.54, 1.807) is 18.4 Å². The minimum absolute atomic E-state index is 0.280. The van der Waals surface area contributed by atoms with Gasteiger partial charge in [-0.15, -0.1) is 0 Å². The van der Waals surface area contributed by atoms with E-state index in [9.17, 15) is 4.79 Å². The van der Waals surface area contributed by atoms with Gasteiger partial charge in [-0.3, -0.25) is 9.36 Å². The number of hydrogen-bond donors (Lipinski definition) is 2. The Kier molecular flexibility index (Phi) is 2.61. The number of hydrogen-bond acceptors (Lipinski definition) is 3. The largest absolute Gasteiger partial charge is 0.369 e. The minimum atomic E-state index is -0.917. The molecule has 0 atom stereocenters. The Balaban J connectivity index is 2.80. The number of anilines is 1. The number of fused-ring (bicyclic) bond motifs is 1. The third-order valence-electron chi connectivity index (χ3n) is 2.80. The quantitative estimate of drug-likeness (QED) is 0.882. The number of aromatic nitrogens is 2. The van der Waals surface area contributed by atoms with Crippen LogP contribution in [0.25, 0.3) is 11.0 Å². The van der Waals surface area contributed by atoms with Gasteiger partial charge < -0.3 is 11.5 Å². The van der Waals surface area contributed by atoms with Crippen molar-refractivity contribution in [3.63, 3.8) is 0 Å². The van der Waals surface area contributed by atoms with Gasteiger partial charge in [0.05, 0.1) is 11.0 Å². The number of imidazole rings is 1. The molecule has 0 unspecified atom stereocenters.